The van der Waals surface area contributed by atoms with Crippen LogP contribution in [0.1, 0.15) is 51.1 Å². The van der Waals surface area contributed by atoms with Crippen LogP contribution in [-0.2, 0) is 4.74 Å². The van der Waals surface area contributed by atoms with Crippen molar-refractivity contribution in [1.82, 2.24) is 0 Å². The molecule has 0 saturated heterocycles. The average molecular weight is 261 g/mol. The van der Waals surface area contributed by atoms with E-state index in [2.05, 4.69) is 26.0 Å². The van der Waals surface area contributed by atoms with Crippen LogP contribution in [0.25, 0.3) is 0 Å². The number of ether oxygens (including phenoxy) is 1. The molecule has 0 aromatic heterocycles. The van der Waals surface area contributed by atoms with Gasteiger partial charge in [-0.2, -0.15) is 0 Å². The molecule has 2 N–H and O–H groups in total. The van der Waals surface area contributed by atoms with Crippen molar-refractivity contribution in [3.63, 3.8) is 0 Å². The van der Waals surface area contributed by atoms with Crippen LogP contribution in [0.4, 0.5) is 0 Å². The van der Waals surface area contributed by atoms with Gasteiger partial charge < -0.3 is 10.5 Å². The average Bonchev–Trinajstić information content (AvgIpc) is 2.36. The molecule has 19 heavy (non-hydrogen) atoms. The predicted octanol–water partition coefficient (Wildman–Crippen LogP) is 3.92. The minimum Gasteiger partial charge on any atom is -0.376 e. The monoisotopic (exact) mass is 261 g/mol. The quantitative estimate of drug-likeness (QED) is 0.807. The van der Waals surface area contributed by atoms with Crippen LogP contribution in [0.5, 0.6) is 0 Å². The number of rotatable bonds is 7. The Kier molecular flexibility index (Phi) is 5.41. The van der Waals surface area contributed by atoms with Gasteiger partial charge >= 0.3 is 0 Å². The Morgan fingerprint density at radius 1 is 1.21 bits per heavy atom. The summed E-state index contributed by atoms with van der Waals surface area (Å²) in [7, 11) is 0. The van der Waals surface area contributed by atoms with E-state index < -0.39 is 0 Å². The van der Waals surface area contributed by atoms with Crippen LogP contribution in [0.2, 0.25) is 0 Å². The highest BCUT2D eigenvalue weighted by atomic mass is 16.5. The molecule has 0 spiro atoms. The third kappa shape index (κ3) is 4.05. The molecule has 0 radical (unpaired) electrons. The first-order valence-electron chi connectivity index (χ1n) is 7.60. The maximum Gasteiger partial charge on any atom is 0.0790 e. The Bertz CT molecular complexity index is 359. The van der Waals surface area contributed by atoms with Gasteiger partial charge in [0.25, 0.3) is 0 Å². The zero-order valence-electron chi connectivity index (χ0n) is 12.2. The molecule has 1 saturated carbocycles. The first-order chi connectivity index (χ1) is 9.18. The van der Waals surface area contributed by atoms with E-state index in [1.807, 2.05) is 18.2 Å². The van der Waals surface area contributed by atoms with Crippen molar-refractivity contribution in [2.24, 2.45) is 17.6 Å². The van der Waals surface area contributed by atoms with Crippen molar-refractivity contribution in [3.05, 3.63) is 35.9 Å². The van der Waals surface area contributed by atoms with E-state index >= 15 is 0 Å². The molecule has 1 aliphatic carbocycles. The molecule has 2 atom stereocenters. The van der Waals surface area contributed by atoms with E-state index in [4.69, 9.17) is 10.5 Å². The van der Waals surface area contributed by atoms with E-state index in [0.29, 0.717) is 5.92 Å². The minimum atomic E-state index is -0.0254. The normalized spacial score (nSPS) is 19.2. The summed E-state index contributed by atoms with van der Waals surface area (Å²) in [4.78, 5) is 0. The molecule has 1 aliphatic rings. The van der Waals surface area contributed by atoms with Crippen molar-refractivity contribution in [2.75, 3.05) is 6.61 Å². The summed E-state index contributed by atoms with van der Waals surface area (Å²) in [6, 6.07) is 10.3. The van der Waals surface area contributed by atoms with E-state index in [1.165, 1.54) is 31.2 Å². The first-order valence-corrected chi connectivity index (χ1v) is 7.60. The van der Waals surface area contributed by atoms with Gasteiger partial charge in [0.2, 0.25) is 0 Å². The predicted molar refractivity (Wildman–Crippen MR) is 79.9 cm³/mol. The van der Waals surface area contributed by atoms with Gasteiger partial charge in [0.15, 0.2) is 0 Å². The highest BCUT2D eigenvalue weighted by Gasteiger charge is 2.24. The highest BCUT2D eigenvalue weighted by Crippen LogP contribution is 2.30. The van der Waals surface area contributed by atoms with E-state index in [0.717, 1.165) is 12.5 Å². The van der Waals surface area contributed by atoms with Gasteiger partial charge in [-0.25, -0.2) is 0 Å². The second-order valence-electron chi connectivity index (χ2n) is 6.10. The second kappa shape index (κ2) is 7.06. The fourth-order valence-electron chi connectivity index (χ4n) is 2.73. The smallest absolute Gasteiger partial charge is 0.0790 e. The summed E-state index contributed by atoms with van der Waals surface area (Å²) in [6.45, 7) is 5.24. The molecule has 2 nitrogen and oxygen atoms in total. The molecule has 106 valence electrons. The van der Waals surface area contributed by atoms with Gasteiger partial charge in [0.05, 0.1) is 12.1 Å². The molecule has 0 aliphatic heterocycles. The lowest BCUT2D eigenvalue weighted by atomic mass is 9.83. The molecule has 2 unspecified atom stereocenters. The van der Waals surface area contributed by atoms with Crippen LogP contribution in [0, 0.1) is 11.8 Å². The molecule has 0 amide bonds. The topological polar surface area (TPSA) is 35.2 Å². The molecule has 1 fully saturated rings. The standard InChI is InChI=1S/C17H27NO/c1-13(2)17(19-12-11-14-7-6-8-14)16(18)15-9-4-3-5-10-15/h3-5,9-10,13-14,16-17H,6-8,11-12,18H2,1-2H3. The molecule has 1 aromatic rings. The van der Waals surface area contributed by atoms with Gasteiger partial charge in [0, 0.05) is 6.61 Å². The Morgan fingerprint density at radius 2 is 1.89 bits per heavy atom. The van der Waals surface area contributed by atoms with Crippen LogP contribution in [0.3, 0.4) is 0 Å². The largest absolute Gasteiger partial charge is 0.376 e. The SMILES string of the molecule is CC(C)C(OCCC1CCC1)C(N)c1ccccc1. The van der Waals surface area contributed by atoms with Crippen LogP contribution in [-0.4, -0.2) is 12.7 Å². The summed E-state index contributed by atoms with van der Waals surface area (Å²) in [5, 5.41) is 0. The van der Waals surface area contributed by atoms with Gasteiger partial charge in [-0.05, 0) is 23.8 Å². The Morgan fingerprint density at radius 3 is 2.42 bits per heavy atom. The highest BCUT2D eigenvalue weighted by molar-refractivity contribution is 5.19. The lowest BCUT2D eigenvalue weighted by molar-refractivity contribution is -0.00560. The zero-order chi connectivity index (χ0) is 13.7. The van der Waals surface area contributed by atoms with Gasteiger partial charge in [-0.15, -0.1) is 0 Å². The van der Waals surface area contributed by atoms with Gasteiger partial charge in [-0.3, -0.25) is 0 Å². The second-order valence-corrected chi connectivity index (χ2v) is 6.10. The summed E-state index contributed by atoms with van der Waals surface area (Å²) in [5.41, 5.74) is 7.55. The maximum absolute atomic E-state index is 6.38. The van der Waals surface area contributed by atoms with Crippen LogP contribution < -0.4 is 5.73 Å². The van der Waals surface area contributed by atoms with Gasteiger partial charge in [0.1, 0.15) is 0 Å². The minimum absolute atomic E-state index is 0.0254. The molecule has 0 bridgehead atoms. The van der Waals surface area contributed by atoms with Crippen LogP contribution in [0.15, 0.2) is 30.3 Å². The van der Waals surface area contributed by atoms with Crippen molar-refractivity contribution < 1.29 is 4.74 Å². The summed E-state index contributed by atoms with van der Waals surface area (Å²) in [6.07, 6.45) is 5.50. The Labute approximate surface area is 117 Å². The van der Waals surface area contributed by atoms with E-state index in [-0.39, 0.29) is 12.1 Å². The fourth-order valence-corrected chi connectivity index (χ4v) is 2.73. The van der Waals surface area contributed by atoms with E-state index in [9.17, 15) is 0 Å². The summed E-state index contributed by atoms with van der Waals surface area (Å²) >= 11 is 0. The Hall–Kier alpha value is -0.860. The summed E-state index contributed by atoms with van der Waals surface area (Å²) < 4.78 is 6.10. The molecule has 2 heteroatoms. The number of benzene rings is 1. The number of nitrogens with two attached hydrogens (primary N) is 1. The third-order valence-electron chi connectivity index (χ3n) is 4.26. The summed E-state index contributed by atoms with van der Waals surface area (Å²) in [5.74, 6) is 1.34. The van der Waals surface area contributed by atoms with Gasteiger partial charge in [-0.1, -0.05) is 63.4 Å². The first kappa shape index (κ1) is 14.5. The zero-order valence-corrected chi connectivity index (χ0v) is 12.2. The van der Waals surface area contributed by atoms with Crippen molar-refractivity contribution in [3.8, 4) is 0 Å². The fraction of sp³-hybridized carbons (Fsp3) is 0.647. The van der Waals surface area contributed by atoms with Crippen LogP contribution >= 0.6 is 0 Å². The van der Waals surface area contributed by atoms with Crippen molar-refractivity contribution in [2.45, 2.75) is 51.7 Å². The number of hydrogen-bond donors (Lipinski definition) is 1. The third-order valence-corrected chi connectivity index (χ3v) is 4.26. The van der Waals surface area contributed by atoms with E-state index in [1.54, 1.807) is 0 Å². The van der Waals surface area contributed by atoms with Crippen molar-refractivity contribution in [1.29, 1.82) is 0 Å². The molecular formula is C17H27NO. The molecule has 1 aromatic carbocycles. The molecule has 2 rings (SSSR count). The number of hydrogen-bond acceptors (Lipinski definition) is 2. The Balaban J connectivity index is 1.87. The molecular weight excluding hydrogens is 234 g/mol. The van der Waals surface area contributed by atoms with Crippen molar-refractivity contribution >= 4 is 0 Å². The lowest BCUT2D eigenvalue weighted by Crippen LogP contribution is -2.34. The molecule has 0 heterocycles. The lowest BCUT2D eigenvalue weighted by Gasteiger charge is -2.30. The maximum atomic E-state index is 6.38.